The molecule has 1 fully saturated rings. The third kappa shape index (κ3) is 6.18. The van der Waals surface area contributed by atoms with Crippen LogP contribution in [0.5, 0.6) is 0 Å². The Bertz CT molecular complexity index is 840. The zero-order valence-corrected chi connectivity index (χ0v) is 16.5. The Morgan fingerprint density at radius 3 is 1.93 bits per heavy atom. The van der Waals surface area contributed by atoms with E-state index < -0.39 is 5.54 Å². The second-order valence-corrected chi connectivity index (χ2v) is 7.09. The van der Waals surface area contributed by atoms with Crippen molar-refractivity contribution in [3.63, 3.8) is 0 Å². The molecular formula is C22H24FNO5. The van der Waals surface area contributed by atoms with E-state index in [2.05, 4.69) is 10.8 Å². The summed E-state index contributed by atoms with van der Waals surface area (Å²) in [5, 5.41) is 0. The van der Waals surface area contributed by atoms with Crippen LogP contribution in [0.15, 0.2) is 42.7 Å². The molecule has 0 saturated heterocycles. The molecule has 1 aromatic heterocycles. The summed E-state index contributed by atoms with van der Waals surface area (Å²) in [5.41, 5.74) is 1.62. The molecule has 0 spiro atoms. The molecule has 0 amide bonds. The number of nitrogens with zero attached hydrogens (tertiary/aromatic N) is 1. The molecule has 1 saturated carbocycles. The van der Waals surface area contributed by atoms with Gasteiger partial charge in [-0.15, -0.1) is 0 Å². The summed E-state index contributed by atoms with van der Waals surface area (Å²) in [6.45, 7) is 3.98. The molecule has 0 radical (unpaired) electrons. The van der Waals surface area contributed by atoms with E-state index in [1.54, 1.807) is 12.1 Å². The maximum absolute atomic E-state index is 13.1. The van der Waals surface area contributed by atoms with Gasteiger partial charge in [0.1, 0.15) is 11.4 Å². The summed E-state index contributed by atoms with van der Waals surface area (Å²) in [6, 6.07) is 8.54. The summed E-state index contributed by atoms with van der Waals surface area (Å²) in [7, 11) is 0. The minimum atomic E-state index is -0.398. The molecule has 1 aliphatic rings. The molecule has 0 aliphatic heterocycles. The van der Waals surface area contributed by atoms with Gasteiger partial charge in [-0.05, 0) is 42.2 Å². The smallest absolute Gasteiger partial charge is 0.341 e. The van der Waals surface area contributed by atoms with E-state index in [0.29, 0.717) is 5.78 Å². The van der Waals surface area contributed by atoms with Crippen molar-refractivity contribution in [2.24, 2.45) is 5.92 Å². The van der Waals surface area contributed by atoms with E-state index in [0.717, 1.165) is 36.8 Å². The van der Waals surface area contributed by atoms with Gasteiger partial charge >= 0.3 is 12.3 Å². The van der Waals surface area contributed by atoms with Gasteiger partial charge < -0.3 is 4.57 Å². The molecule has 3 rings (SSSR count). The minimum Gasteiger partial charge on any atom is -0.341 e. The van der Waals surface area contributed by atoms with Gasteiger partial charge in [-0.1, -0.05) is 45.2 Å². The fraction of sp³-hybridized carbons (Fsp3) is 0.409. The molecule has 0 atom stereocenters. The first-order valence-electron chi connectivity index (χ1n) is 9.33. The van der Waals surface area contributed by atoms with E-state index in [4.69, 9.17) is 19.2 Å². The Hall–Kier alpha value is -3.14. The lowest BCUT2D eigenvalue weighted by Gasteiger charge is -2.38. The standard InChI is InChI=1S/C20H24FNO.2CO2/c1-15(2)19(23)20(11-4-3-5-12-20)22-13-10-17(14-22)16-6-8-18(21)9-7-16;2*2-1-3/h6-10,13-15H,3-5,11-12H2,1-2H3;;. The van der Waals surface area contributed by atoms with Gasteiger partial charge in [0.25, 0.3) is 0 Å². The fourth-order valence-electron chi connectivity index (χ4n) is 3.78. The van der Waals surface area contributed by atoms with E-state index in [1.807, 2.05) is 26.1 Å². The van der Waals surface area contributed by atoms with E-state index in [1.165, 1.54) is 18.6 Å². The fourth-order valence-corrected chi connectivity index (χ4v) is 3.78. The number of benzene rings is 1. The quantitative estimate of drug-likeness (QED) is 0.772. The van der Waals surface area contributed by atoms with Crippen molar-refractivity contribution in [2.45, 2.75) is 51.5 Å². The lowest BCUT2D eigenvalue weighted by molar-refractivity contribution is -0.193. The topological polar surface area (TPSA) is 90.3 Å². The van der Waals surface area contributed by atoms with Crippen molar-refractivity contribution in [1.82, 2.24) is 4.57 Å². The van der Waals surface area contributed by atoms with Crippen molar-refractivity contribution in [3.05, 3.63) is 48.5 Å². The lowest BCUT2D eigenvalue weighted by Crippen LogP contribution is -2.45. The molecule has 29 heavy (non-hydrogen) atoms. The van der Waals surface area contributed by atoms with E-state index >= 15 is 0 Å². The molecule has 154 valence electrons. The molecule has 1 aliphatic carbocycles. The highest BCUT2D eigenvalue weighted by Gasteiger charge is 2.41. The zero-order valence-electron chi connectivity index (χ0n) is 16.5. The van der Waals surface area contributed by atoms with Gasteiger partial charge in [0.15, 0.2) is 5.78 Å². The third-order valence-corrected chi connectivity index (χ3v) is 5.03. The summed E-state index contributed by atoms with van der Waals surface area (Å²) in [5.74, 6) is 0.134. The van der Waals surface area contributed by atoms with Crippen molar-refractivity contribution in [2.75, 3.05) is 0 Å². The minimum absolute atomic E-state index is 0.0322. The van der Waals surface area contributed by atoms with Crippen LogP contribution in [0, 0.1) is 11.7 Å². The highest BCUT2D eigenvalue weighted by Crippen LogP contribution is 2.39. The molecule has 2 aromatic rings. The van der Waals surface area contributed by atoms with Crippen molar-refractivity contribution in [1.29, 1.82) is 0 Å². The zero-order chi connectivity index (χ0) is 21.9. The normalized spacial score (nSPS) is 14.3. The first kappa shape index (κ1) is 23.9. The Kier molecular flexibility index (Phi) is 9.60. The Balaban J connectivity index is 0.000000626. The maximum Gasteiger partial charge on any atom is 0.373 e. The number of carbonyl (C=O) groups excluding carboxylic acids is 5. The van der Waals surface area contributed by atoms with Crippen molar-refractivity contribution < 1.29 is 28.4 Å². The Morgan fingerprint density at radius 1 is 0.931 bits per heavy atom. The SMILES string of the molecule is CC(C)C(=O)C1(n2ccc(-c3ccc(F)cc3)c2)CCCCC1.O=C=O.O=C=O. The van der Waals surface area contributed by atoms with Crippen LogP contribution in [0.25, 0.3) is 11.1 Å². The van der Waals surface area contributed by atoms with E-state index in [9.17, 15) is 9.18 Å². The molecule has 0 bridgehead atoms. The first-order chi connectivity index (χ1) is 13.9. The summed E-state index contributed by atoms with van der Waals surface area (Å²) in [6.07, 6.45) is 9.82. The summed E-state index contributed by atoms with van der Waals surface area (Å²) >= 11 is 0. The van der Waals surface area contributed by atoms with Crippen LogP contribution in [-0.4, -0.2) is 22.7 Å². The van der Waals surface area contributed by atoms with Crippen LogP contribution in [0.1, 0.15) is 46.0 Å². The van der Waals surface area contributed by atoms with Crippen LogP contribution >= 0.6 is 0 Å². The second-order valence-electron chi connectivity index (χ2n) is 7.09. The molecule has 7 heteroatoms. The van der Waals surface area contributed by atoms with Crippen molar-refractivity contribution >= 4 is 18.1 Å². The summed E-state index contributed by atoms with van der Waals surface area (Å²) < 4.78 is 15.2. The number of hydrogen-bond donors (Lipinski definition) is 0. The summed E-state index contributed by atoms with van der Waals surface area (Å²) in [4.78, 5) is 45.4. The lowest BCUT2D eigenvalue weighted by atomic mass is 9.75. The number of Topliss-reactive ketones (excluding diaryl/α,β-unsaturated/α-hetero) is 1. The number of halogens is 1. The van der Waals surface area contributed by atoms with Gasteiger partial charge in [-0.2, -0.15) is 19.2 Å². The van der Waals surface area contributed by atoms with Crippen LogP contribution in [-0.2, 0) is 29.5 Å². The van der Waals surface area contributed by atoms with Crippen LogP contribution < -0.4 is 0 Å². The second kappa shape index (κ2) is 11.6. The van der Waals surface area contributed by atoms with Crippen LogP contribution in [0.3, 0.4) is 0 Å². The monoisotopic (exact) mass is 401 g/mol. The molecule has 0 N–H and O–H groups in total. The number of carbonyl (C=O) groups is 1. The molecule has 1 heterocycles. The van der Waals surface area contributed by atoms with Crippen LogP contribution in [0.4, 0.5) is 4.39 Å². The van der Waals surface area contributed by atoms with Gasteiger partial charge in [0.2, 0.25) is 0 Å². The van der Waals surface area contributed by atoms with Gasteiger partial charge in [0, 0.05) is 18.3 Å². The highest BCUT2D eigenvalue weighted by molar-refractivity contribution is 5.88. The molecular weight excluding hydrogens is 377 g/mol. The first-order valence-corrected chi connectivity index (χ1v) is 9.33. The molecule has 0 unspecified atom stereocenters. The average Bonchev–Trinajstić information content (AvgIpc) is 3.20. The number of aromatic nitrogens is 1. The predicted octanol–water partition coefficient (Wildman–Crippen LogP) is 4.01. The maximum atomic E-state index is 13.1. The van der Waals surface area contributed by atoms with Gasteiger partial charge in [-0.3, -0.25) is 4.79 Å². The van der Waals surface area contributed by atoms with Crippen LogP contribution in [0.2, 0.25) is 0 Å². The number of ketones is 1. The number of hydrogen-bond acceptors (Lipinski definition) is 5. The average molecular weight is 401 g/mol. The van der Waals surface area contributed by atoms with Gasteiger partial charge in [0.05, 0.1) is 0 Å². The number of rotatable bonds is 4. The Morgan fingerprint density at radius 2 is 1.45 bits per heavy atom. The Labute approximate surface area is 168 Å². The highest BCUT2D eigenvalue weighted by atomic mass is 19.1. The molecule has 6 nitrogen and oxygen atoms in total. The largest absolute Gasteiger partial charge is 0.373 e. The molecule has 1 aromatic carbocycles. The third-order valence-electron chi connectivity index (χ3n) is 5.03. The van der Waals surface area contributed by atoms with Gasteiger partial charge in [-0.25, -0.2) is 4.39 Å². The predicted molar refractivity (Wildman–Crippen MR) is 101 cm³/mol. The van der Waals surface area contributed by atoms with E-state index in [-0.39, 0.29) is 24.0 Å². The van der Waals surface area contributed by atoms with Crippen molar-refractivity contribution in [3.8, 4) is 11.1 Å².